The van der Waals surface area contributed by atoms with Gasteiger partial charge < -0.3 is 0 Å². The first kappa shape index (κ1) is 23.0. The number of rotatable bonds is 0. The van der Waals surface area contributed by atoms with Gasteiger partial charge in [0.1, 0.15) is 0 Å². The zero-order valence-electron chi connectivity index (χ0n) is 9.49. The summed E-state index contributed by atoms with van der Waals surface area (Å²) in [5.41, 5.74) is 0. The van der Waals surface area contributed by atoms with Crippen LogP contribution in [0.1, 0.15) is 54.9 Å². The van der Waals surface area contributed by atoms with Gasteiger partial charge in [0, 0.05) is 6.42 Å². The van der Waals surface area contributed by atoms with Gasteiger partial charge in [-0.3, -0.25) is 0 Å². The van der Waals surface area contributed by atoms with Crippen LogP contribution in [0.15, 0.2) is 0 Å². The van der Waals surface area contributed by atoms with Gasteiger partial charge in [0.05, 0.1) is 0 Å². The van der Waals surface area contributed by atoms with Gasteiger partial charge >= 0.3 is 0 Å². The highest BCUT2D eigenvalue weighted by Gasteiger charge is 1.54. The zero-order chi connectivity index (χ0) is 10.9. The first-order chi connectivity index (χ1) is 6.33. The lowest BCUT2D eigenvalue weighted by molar-refractivity contribution is 1.09. The van der Waals surface area contributed by atoms with Gasteiger partial charge in [-0.1, -0.05) is 54.4 Å². The van der Waals surface area contributed by atoms with Crippen LogP contribution in [0.2, 0.25) is 0 Å². The summed E-state index contributed by atoms with van der Waals surface area (Å²) in [5, 5.41) is 0. The molecule has 0 N–H and O–H groups in total. The van der Waals surface area contributed by atoms with Gasteiger partial charge in [0.15, 0.2) is 0 Å². The van der Waals surface area contributed by atoms with E-state index < -0.39 is 0 Å². The first-order valence-electron chi connectivity index (χ1n) is 4.76. The molecule has 0 saturated heterocycles. The minimum atomic E-state index is 0. The predicted octanol–water partition coefficient (Wildman–Crippen LogP) is 4.12. The van der Waals surface area contributed by atoms with Crippen LogP contribution in [-0.4, -0.2) is 0 Å². The van der Waals surface area contributed by atoms with Crippen LogP contribution < -0.4 is 0 Å². The van der Waals surface area contributed by atoms with E-state index in [0.717, 1.165) is 6.42 Å². The molecule has 0 atom stereocenters. The molecule has 0 aliphatic heterocycles. The lowest BCUT2D eigenvalue weighted by atomic mass is 10.4. The Bertz CT molecular complexity index is 206. The smallest absolute Gasteiger partial charge is 0.00704 e. The standard InChI is InChI=1S/C8H6.C3H8.C2H6.CH4/c1-3-5-7-8-6-4-2;1-3-2;1-2;/h1H,4H2,2H3;3H2,1-2H3;1-2H3;1H4. The monoisotopic (exact) mass is 192 g/mol. The third kappa shape index (κ3) is 73.9. The summed E-state index contributed by atoms with van der Waals surface area (Å²) in [5.74, 6) is 12.4. The number of hydrogen-bond acceptors (Lipinski definition) is 0. The fraction of sp³-hybridized carbons (Fsp3) is 0.571. The minimum Gasteiger partial charge on any atom is -0.106 e. The fourth-order valence-electron chi connectivity index (χ4n) is 0.200. The summed E-state index contributed by atoms with van der Waals surface area (Å²) in [6, 6.07) is 0. The second kappa shape index (κ2) is 41.3. The highest BCUT2D eigenvalue weighted by molar-refractivity contribution is 5.33. The largest absolute Gasteiger partial charge is 0.106 e. The molecule has 0 aromatic heterocycles. The molecule has 80 valence electrons. The third-order valence-electron chi connectivity index (χ3n) is 0.462. The van der Waals surface area contributed by atoms with E-state index in [2.05, 4.69) is 43.4 Å². The van der Waals surface area contributed by atoms with Crippen LogP contribution in [0.3, 0.4) is 0 Å². The van der Waals surface area contributed by atoms with Crippen molar-refractivity contribution in [1.82, 2.24) is 0 Å². The van der Waals surface area contributed by atoms with Gasteiger partial charge in [-0.2, -0.15) is 0 Å². The Balaban J connectivity index is -0.0000000716. The normalized spacial score (nSPS) is 4.29. The van der Waals surface area contributed by atoms with E-state index in [9.17, 15) is 0 Å². The maximum absolute atomic E-state index is 4.82. The summed E-state index contributed by atoms with van der Waals surface area (Å²) in [4.78, 5) is 0. The van der Waals surface area contributed by atoms with Crippen LogP contribution in [0.4, 0.5) is 0 Å². The minimum absolute atomic E-state index is 0. The Hall–Kier alpha value is -1.32. The van der Waals surface area contributed by atoms with E-state index >= 15 is 0 Å². The zero-order valence-corrected chi connectivity index (χ0v) is 9.49. The van der Waals surface area contributed by atoms with Gasteiger partial charge in [-0.25, -0.2) is 0 Å². The van der Waals surface area contributed by atoms with E-state index in [1.807, 2.05) is 20.8 Å². The van der Waals surface area contributed by atoms with Crippen LogP contribution in [-0.2, 0) is 0 Å². The molecule has 0 heterocycles. The van der Waals surface area contributed by atoms with Crippen LogP contribution in [0, 0.1) is 36.0 Å². The molecule has 0 nitrogen and oxygen atoms in total. The van der Waals surface area contributed by atoms with Crippen LogP contribution in [0.5, 0.6) is 0 Å². The Labute approximate surface area is 91.5 Å². The Morgan fingerprint density at radius 3 is 1.64 bits per heavy atom. The van der Waals surface area contributed by atoms with E-state index in [1.165, 1.54) is 6.42 Å². The summed E-state index contributed by atoms with van der Waals surface area (Å²) < 4.78 is 0. The molecule has 0 unspecified atom stereocenters. The second-order valence-electron chi connectivity index (χ2n) is 1.76. The topological polar surface area (TPSA) is 0 Å². The molecule has 0 aromatic rings. The fourth-order valence-corrected chi connectivity index (χ4v) is 0.200. The molecule has 0 spiro atoms. The Morgan fingerprint density at radius 2 is 1.36 bits per heavy atom. The molecule has 0 bridgehead atoms. The van der Waals surface area contributed by atoms with E-state index in [-0.39, 0.29) is 7.43 Å². The number of hydrogen-bond donors (Lipinski definition) is 0. The maximum atomic E-state index is 4.82. The molecule has 0 heteroatoms. The molecule has 0 rings (SSSR count). The quantitative estimate of drug-likeness (QED) is 0.507. The third-order valence-corrected chi connectivity index (χ3v) is 0.462. The van der Waals surface area contributed by atoms with Gasteiger partial charge in [-0.05, 0) is 23.7 Å². The Morgan fingerprint density at radius 1 is 0.929 bits per heavy atom. The average Bonchev–Trinajstić information content (AvgIpc) is 2.17. The summed E-state index contributed by atoms with van der Waals surface area (Å²) in [7, 11) is 0. The molecule has 0 radical (unpaired) electrons. The molecule has 0 amide bonds. The molecule has 14 heavy (non-hydrogen) atoms. The van der Waals surface area contributed by atoms with Crippen LogP contribution in [0.25, 0.3) is 0 Å². The van der Waals surface area contributed by atoms with Crippen molar-refractivity contribution in [3.8, 4) is 36.0 Å². The predicted molar refractivity (Wildman–Crippen MR) is 68.7 cm³/mol. The SMILES string of the molecule is C.C#CC#CC#CCC.CC.CCC. The van der Waals surface area contributed by atoms with Crippen molar-refractivity contribution < 1.29 is 0 Å². The van der Waals surface area contributed by atoms with Crippen molar-refractivity contribution in [2.45, 2.75) is 54.9 Å². The van der Waals surface area contributed by atoms with Gasteiger partial charge in [0.2, 0.25) is 0 Å². The van der Waals surface area contributed by atoms with Crippen molar-refractivity contribution >= 4 is 0 Å². The Kier molecular flexibility index (Phi) is 67.7. The molecular weight excluding hydrogens is 168 g/mol. The van der Waals surface area contributed by atoms with Crippen molar-refractivity contribution in [2.24, 2.45) is 0 Å². The van der Waals surface area contributed by atoms with Gasteiger partial charge in [-0.15, -0.1) is 6.42 Å². The van der Waals surface area contributed by atoms with E-state index in [4.69, 9.17) is 6.42 Å². The number of terminal acetylenes is 1. The molecule has 0 aliphatic carbocycles. The summed E-state index contributed by atoms with van der Waals surface area (Å²) in [6.45, 7) is 10.2. The lowest BCUT2D eigenvalue weighted by Crippen LogP contribution is -1.51. The maximum Gasteiger partial charge on any atom is 0.00704 e. The second-order valence-corrected chi connectivity index (χ2v) is 1.76. The highest BCUT2D eigenvalue weighted by Crippen LogP contribution is 1.63. The van der Waals surface area contributed by atoms with Crippen molar-refractivity contribution in [2.75, 3.05) is 0 Å². The lowest BCUT2D eigenvalue weighted by Gasteiger charge is -1.59. The van der Waals surface area contributed by atoms with Crippen molar-refractivity contribution in [3.63, 3.8) is 0 Å². The molecule has 0 aromatic carbocycles. The first-order valence-corrected chi connectivity index (χ1v) is 4.76. The molecule has 0 saturated carbocycles. The van der Waals surface area contributed by atoms with Crippen molar-refractivity contribution in [3.05, 3.63) is 0 Å². The average molecular weight is 192 g/mol. The van der Waals surface area contributed by atoms with Crippen LogP contribution >= 0.6 is 0 Å². The van der Waals surface area contributed by atoms with E-state index in [0.29, 0.717) is 0 Å². The van der Waals surface area contributed by atoms with Crippen molar-refractivity contribution in [1.29, 1.82) is 0 Å². The summed E-state index contributed by atoms with van der Waals surface area (Å²) in [6.07, 6.45) is 6.90. The molecule has 0 fully saturated rings. The molecular formula is C14H24. The highest BCUT2D eigenvalue weighted by atomic mass is 13.6. The van der Waals surface area contributed by atoms with Gasteiger partial charge in [0.25, 0.3) is 0 Å². The van der Waals surface area contributed by atoms with E-state index in [1.54, 1.807) is 0 Å². The molecule has 0 aliphatic rings. The summed E-state index contributed by atoms with van der Waals surface area (Å²) >= 11 is 0.